The van der Waals surface area contributed by atoms with Crippen LogP contribution in [0.5, 0.6) is 0 Å². The summed E-state index contributed by atoms with van der Waals surface area (Å²) >= 11 is 0. The molecular formula is C20H23N7O2. The van der Waals surface area contributed by atoms with E-state index < -0.39 is 0 Å². The van der Waals surface area contributed by atoms with Gasteiger partial charge in [-0.2, -0.15) is 5.10 Å². The summed E-state index contributed by atoms with van der Waals surface area (Å²) in [5, 5.41) is 12.3. The van der Waals surface area contributed by atoms with Crippen LogP contribution in [0.2, 0.25) is 0 Å². The Morgan fingerprint density at radius 1 is 1.28 bits per heavy atom. The van der Waals surface area contributed by atoms with Gasteiger partial charge in [0.05, 0.1) is 37.4 Å². The number of anilines is 1. The summed E-state index contributed by atoms with van der Waals surface area (Å²) in [7, 11) is 0. The van der Waals surface area contributed by atoms with Crippen molar-refractivity contribution < 1.29 is 9.47 Å². The molecule has 0 aromatic carbocycles. The van der Waals surface area contributed by atoms with E-state index in [1.165, 1.54) is 0 Å². The van der Waals surface area contributed by atoms with Crippen LogP contribution in [0.25, 0.3) is 21.7 Å². The van der Waals surface area contributed by atoms with E-state index in [1.807, 2.05) is 6.07 Å². The van der Waals surface area contributed by atoms with Crippen LogP contribution in [0.1, 0.15) is 31.2 Å². The molecule has 3 aromatic rings. The van der Waals surface area contributed by atoms with E-state index in [0.29, 0.717) is 37.1 Å². The molecule has 0 amide bonds. The molecule has 2 aliphatic rings. The standard InChI is InChI=1S/C20H23N7O2/c1-13-11-29-9-7-26(13)17-10-15(14-4-3-8-28-12-14)18-19(21-2)25-27(20(18)23-17)16-5-6-22-24-16/h5-6,10,13-14H,3-4,7-9,11-12H2,1H3,(H,22,24)/t13-,14?/m1/s1. The molecule has 2 fully saturated rings. The van der Waals surface area contributed by atoms with Gasteiger partial charge >= 0.3 is 5.82 Å². The van der Waals surface area contributed by atoms with Crippen LogP contribution >= 0.6 is 0 Å². The molecule has 1 unspecified atom stereocenters. The number of rotatable bonds is 3. The molecule has 0 bridgehead atoms. The smallest absolute Gasteiger partial charge is 0.305 e. The number of ether oxygens (including phenoxy) is 2. The van der Waals surface area contributed by atoms with E-state index in [9.17, 15) is 0 Å². The maximum absolute atomic E-state index is 7.69. The van der Waals surface area contributed by atoms with Crippen LogP contribution in [0.4, 0.5) is 11.6 Å². The molecule has 3 aromatic heterocycles. The minimum Gasteiger partial charge on any atom is -0.381 e. The van der Waals surface area contributed by atoms with E-state index in [0.717, 1.165) is 42.8 Å². The van der Waals surface area contributed by atoms with Gasteiger partial charge in [-0.3, -0.25) is 5.10 Å². The molecule has 5 heterocycles. The van der Waals surface area contributed by atoms with Crippen LogP contribution in [0.15, 0.2) is 18.3 Å². The summed E-state index contributed by atoms with van der Waals surface area (Å²) in [5.41, 5.74) is 1.78. The van der Waals surface area contributed by atoms with Crippen molar-refractivity contribution in [3.8, 4) is 5.82 Å². The Hall–Kier alpha value is -2.96. The number of H-pyrrole nitrogens is 1. The Balaban J connectivity index is 1.74. The highest BCUT2D eigenvalue weighted by Gasteiger charge is 2.29. The van der Waals surface area contributed by atoms with Crippen molar-refractivity contribution in [2.75, 3.05) is 37.9 Å². The van der Waals surface area contributed by atoms with Gasteiger partial charge in [0, 0.05) is 25.1 Å². The lowest BCUT2D eigenvalue weighted by molar-refractivity contribution is 0.0807. The minimum absolute atomic E-state index is 0.226. The van der Waals surface area contributed by atoms with Crippen molar-refractivity contribution in [3.63, 3.8) is 0 Å². The fourth-order valence-corrected chi connectivity index (χ4v) is 4.25. The quantitative estimate of drug-likeness (QED) is 0.689. The average Bonchev–Trinajstić information content (AvgIpc) is 3.42. The predicted molar refractivity (Wildman–Crippen MR) is 108 cm³/mol. The summed E-state index contributed by atoms with van der Waals surface area (Å²) < 4.78 is 13.1. The minimum atomic E-state index is 0.226. The van der Waals surface area contributed by atoms with Gasteiger partial charge in [-0.05, 0) is 36.5 Å². The molecule has 2 atom stereocenters. The molecule has 0 radical (unpaired) electrons. The Labute approximate surface area is 168 Å². The fourth-order valence-electron chi connectivity index (χ4n) is 4.25. The van der Waals surface area contributed by atoms with Crippen molar-refractivity contribution in [3.05, 3.63) is 35.3 Å². The maximum atomic E-state index is 7.69. The number of nitrogens with one attached hydrogen (secondary N) is 1. The van der Waals surface area contributed by atoms with E-state index in [2.05, 4.69) is 38.0 Å². The lowest BCUT2D eigenvalue weighted by Gasteiger charge is -2.35. The summed E-state index contributed by atoms with van der Waals surface area (Å²) in [4.78, 5) is 11.0. The van der Waals surface area contributed by atoms with Crippen LogP contribution in [0, 0.1) is 6.57 Å². The van der Waals surface area contributed by atoms with Crippen LogP contribution < -0.4 is 4.90 Å². The molecule has 0 spiro atoms. The first kappa shape index (κ1) is 18.1. The zero-order chi connectivity index (χ0) is 19.8. The first-order chi connectivity index (χ1) is 14.3. The van der Waals surface area contributed by atoms with Gasteiger partial charge in [0.2, 0.25) is 0 Å². The molecule has 0 saturated carbocycles. The van der Waals surface area contributed by atoms with Crippen molar-refractivity contribution in [1.29, 1.82) is 0 Å². The van der Waals surface area contributed by atoms with Gasteiger partial charge in [-0.15, -0.1) is 4.68 Å². The molecule has 2 aliphatic heterocycles. The van der Waals surface area contributed by atoms with Crippen LogP contribution in [-0.4, -0.2) is 64.0 Å². The summed E-state index contributed by atoms with van der Waals surface area (Å²) in [6.07, 6.45) is 3.72. The van der Waals surface area contributed by atoms with Crippen molar-refractivity contribution >= 4 is 22.7 Å². The van der Waals surface area contributed by atoms with E-state index >= 15 is 0 Å². The number of aromatic amines is 1. The SMILES string of the molecule is [C-]#[N+]c1nn(-c2ccn[nH]2)c2nc(N3CCOC[C@H]3C)cc(C3CCCOC3)c12. The Morgan fingerprint density at radius 3 is 2.90 bits per heavy atom. The Morgan fingerprint density at radius 2 is 2.17 bits per heavy atom. The Bertz CT molecular complexity index is 1050. The number of pyridine rings is 1. The molecular weight excluding hydrogens is 370 g/mol. The zero-order valence-corrected chi connectivity index (χ0v) is 16.3. The van der Waals surface area contributed by atoms with Crippen LogP contribution in [-0.2, 0) is 9.47 Å². The normalized spacial score (nSPS) is 22.7. The molecule has 9 nitrogen and oxygen atoms in total. The number of aromatic nitrogens is 5. The number of morpholine rings is 1. The monoisotopic (exact) mass is 393 g/mol. The second kappa shape index (κ2) is 7.46. The predicted octanol–water partition coefficient (Wildman–Crippen LogP) is 2.81. The third kappa shape index (κ3) is 3.14. The fraction of sp³-hybridized carbons (Fsp3) is 0.500. The zero-order valence-electron chi connectivity index (χ0n) is 16.3. The van der Waals surface area contributed by atoms with Gasteiger partial charge in [0.1, 0.15) is 5.82 Å². The molecule has 0 aliphatic carbocycles. The van der Waals surface area contributed by atoms with Crippen molar-refractivity contribution in [2.24, 2.45) is 0 Å². The maximum Gasteiger partial charge on any atom is 0.305 e. The van der Waals surface area contributed by atoms with Gasteiger partial charge in [0.25, 0.3) is 0 Å². The van der Waals surface area contributed by atoms with Crippen molar-refractivity contribution in [2.45, 2.75) is 31.7 Å². The van der Waals surface area contributed by atoms with Gasteiger partial charge in [-0.25, -0.2) is 4.98 Å². The second-order valence-electron chi connectivity index (χ2n) is 7.59. The third-order valence-electron chi connectivity index (χ3n) is 5.72. The van der Waals surface area contributed by atoms with Gasteiger partial charge < -0.3 is 19.2 Å². The summed E-state index contributed by atoms with van der Waals surface area (Å²) in [5.74, 6) is 2.18. The number of fused-ring (bicyclic) bond motifs is 1. The number of hydrogen-bond donors (Lipinski definition) is 1. The first-order valence-corrected chi connectivity index (χ1v) is 9.99. The number of nitrogens with zero attached hydrogens (tertiary/aromatic N) is 6. The van der Waals surface area contributed by atoms with E-state index in [-0.39, 0.29) is 12.0 Å². The highest BCUT2D eigenvalue weighted by atomic mass is 16.5. The third-order valence-corrected chi connectivity index (χ3v) is 5.72. The number of hydrogen-bond acceptors (Lipinski definition) is 6. The summed E-state index contributed by atoms with van der Waals surface area (Å²) in [6.45, 7) is 13.4. The first-order valence-electron chi connectivity index (χ1n) is 9.99. The molecule has 29 heavy (non-hydrogen) atoms. The lowest BCUT2D eigenvalue weighted by Crippen LogP contribution is -2.44. The largest absolute Gasteiger partial charge is 0.381 e. The molecule has 2 saturated heterocycles. The molecule has 5 rings (SSSR count). The summed E-state index contributed by atoms with van der Waals surface area (Å²) in [6, 6.07) is 4.19. The second-order valence-corrected chi connectivity index (χ2v) is 7.59. The highest BCUT2D eigenvalue weighted by molar-refractivity contribution is 5.94. The molecule has 150 valence electrons. The van der Waals surface area contributed by atoms with E-state index in [4.69, 9.17) is 21.0 Å². The van der Waals surface area contributed by atoms with Gasteiger partial charge in [-0.1, -0.05) is 6.57 Å². The topological polar surface area (TPSA) is 85.5 Å². The lowest BCUT2D eigenvalue weighted by atomic mass is 9.91. The van der Waals surface area contributed by atoms with Gasteiger partial charge in [0.15, 0.2) is 11.5 Å². The Kier molecular flexibility index (Phi) is 4.66. The highest BCUT2D eigenvalue weighted by Crippen LogP contribution is 2.39. The van der Waals surface area contributed by atoms with Crippen molar-refractivity contribution in [1.82, 2.24) is 25.0 Å². The molecule has 9 heteroatoms. The van der Waals surface area contributed by atoms with Crippen LogP contribution in [0.3, 0.4) is 0 Å². The average molecular weight is 393 g/mol. The van der Waals surface area contributed by atoms with E-state index in [1.54, 1.807) is 10.9 Å². The molecule has 1 N–H and O–H groups in total.